The fourth-order valence-electron chi connectivity index (χ4n) is 1.19. The topological polar surface area (TPSA) is 29.1 Å². The third-order valence-electron chi connectivity index (χ3n) is 1.71. The number of nitrogens with one attached hydrogen (secondary N) is 1. The maximum absolute atomic E-state index is 12.4. The zero-order valence-corrected chi connectivity index (χ0v) is 5.44. The number of rotatable bonds is 2. The van der Waals surface area contributed by atoms with Gasteiger partial charge < -0.3 is 5.32 Å². The molecular formula is C6H9F2NO. The van der Waals surface area contributed by atoms with Gasteiger partial charge in [-0.05, 0) is 6.42 Å². The minimum atomic E-state index is -2.55. The molecule has 0 aliphatic heterocycles. The largest absolute Gasteiger partial charge is 0.356 e. The van der Waals surface area contributed by atoms with Crippen LogP contribution in [0.15, 0.2) is 0 Å². The molecule has 0 heterocycles. The van der Waals surface area contributed by atoms with Crippen LogP contribution in [0.3, 0.4) is 0 Å². The molecular weight excluding hydrogens is 140 g/mol. The average Bonchev–Trinajstić information content (AvgIpc) is 2.12. The van der Waals surface area contributed by atoms with Crippen molar-refractivity contribution >= 4 is 6.41 Å². The van der Waals surface area contributed by atoms with E-state index in [1.54, 1.807) is 0 Å². The lowest BCUT2D eigenvalue weighted by atomic mass is 10.2. The van der Waals surface area contributed by atoms with Crippen LogP contribution < -0.4 is 5.32 Å². The first-order chi connectivity index (χ1) is 4.64. The van der Waals surface area contributed by atoms with E-state index in [1.165, 1.54) is 0 Å². The van der Waals surface area contributed by atoms with E-state index in [4.69, 9.17) is 0 Å². The molecule has 0 spiro atoms. The zero-order valence-electron chi connectivity index (χ0n) is 5.44. The van der Waals surface area contributed by atoms with E-state index < -0.39 is 5.92 Å². The molecule has 4 heteroatoms. The van der Waals surface area contributed by atoms with Crippen LogP contribution in [0, 0.1) is 0 Å². The highest BCUT2D eigenvalue weighted by Crippen LogP contribution is 2.34. The lowest BCUT2D eigenvalue weighted by Crippen LogP contribution is -2.26. The van der Waals surface area contributed by atoms with Crippen LogP contribution in [0.1, 0.15) is 19.3 Å². The Hall–Kier alpha value is -0.670. The lowest BCUT2D eigenvalue weighted by Gasteiger charge is -2.08. The number of hydrogen-bond acceptors (Lipinski definition) is 1. The maximum atomic E-state index is 12.4. The van der Waals surface area contributed by atoms with Crippen molar-refractivity contribution < 1.29 is 13.6 Å². The van der Waals surface area contributed by atoms with E-state index >= 15 is 0 Å². The second-order valence-corrected chi connectivity index (χ2v) is 2.58. The summed E-state index contributed by atoms with van der Waals surface area (Å²) < 4.78 is 24.7. The van der Waals surface area contributed by atoms with Crippen molar-refractivity contribution in [2.75, 3.05) is 0 Å². The summed E-state index contributed by atoms with van der Waals surface area (Å²) in [5.74, 6) is -2.55. The standard InChI is InChI=1S/C6H9F2NO/c7-6(8)2-1-5(3-6)9-4-10/h4-5H,1-3H2,(H,9,10)/t5-/m0/s1. The fraction of sp³-hybridized carbons (Fsp3) is 0.833. The molecule has 2 nitrogen and oxygen atoms in total. The van der Waals surface area contributed by atoms with Crippen molar-refractivity contribution in [1.29, 1.82) is 0 Å². The fourth-order valence-corrected chi connectivity index (χ4v) is 1.19. The first kappa shape index (κ1) is 7.44. The Morgan fingerprint density at radius 3 is 2.70 bits per heavy atom. The number of amides is 1. The van der Waals surface area contributed by atoms with Gasteiger partial charge in [-0.25, -0.2) is 8.78 Å². The van der Waals surface area contributed by atoms with E-state index in [1.807, 2.05) is 0 Å². The summed E-state index contributed by atoms with van der Waals surface area (Å²) in [5.41, 5.74) is 0. The normalized spacial score (nSPS) is 30.0. The summed E-state index contributed by atoms with van der Waals surface area (Å²) in [7, 11) is 0. The molecule has 1 amide bonds. The molecule has 1 aliphatic rings. The summed E-state index contributed by atoms with van der Waals surface area (Å²) >= 11 is 0. The Balaban J connectivity index is 2.35. The molecule has 0 unspecified atom stereocenters. The Morgan fingerprint density at radius 2 is 2.30 bits per heavy atom. The van der Waals surface area contributed by atoms with Gasteiger partial charge in [0, 0.05) is 18.9 Å². The van der Waals surface area contributed by atoms with Crippen molar-refractivity contribution in [2.45, 2.75) is 31.2 Å². The van der Waals surface area contributed by atoms with E-state index in [0.29, 0.717) is 12.8 Å². The van der Waals surface area contributed by atoms with Gasteiger partial charge in [-0.15, -0.1) is 0 Å². The zero-order chi connectivity index (χ0) is 7.61. The van der Waals surface area contributed by atoms with Crippen LogP contribution in [0.2, 0.25) is 0 Å². The molecule has 1 fully saturated rings. The van der Waals surface area contributed by atoms with Crippen molar-refractivity contribution in [3.63, 3.8) is 0 Å². The number of carbonyl (C=O) groups excluding carboxylic acids is 1. The minimum Gasteiger partial charge on any atom is -0.356 e. The summed E-state index contributed by atoms with van der Waals surface area (Å²) in [6.07, 6.45) is 0.571. The summed E-state index contributed by atoms with van der Waals surface area (Å²) in [4.78, 5) is 9.82. The van der Waals surface area contributed by atoms with Crippen LogP contribution in [0.5, 0.6) is 0 Å². The quantitative estimate of drug-likeness (QED) is 0.581. The van der Waals surface area contributed by atoms with E-state index in [2.05, 4.69) is 5.32 Å². The highest BCUT2D eigenvalue weighted by Gasteiger charge is 2.39. The number of halogens is 2. The minimum absolute atomic E-state index is 0.0987. The lowest BCUT2D eigenvalue weighted by molar-refractivity contribution is -0.110. The molecule has 0 saturated heterocycles. The third kappa shape index (κ3) is 1.65. The monoisotopic (exact) mass is 149 g/mol. The van der Waals surface area contributed by atoms with Crippen molar-refractivity contribution in [3.05, 3.63) is 0 Å². The van der Waals surface area contributed by atoms with Crippen LogP contribution >= 0.6 is 0 Å². The summed E-state index contributed by atoms with van der Waals surface area (Å²) in [5, 5.41) is 2.34. The van der Waals surface area contributed by atoms with E-state index in [-0.39, 0.29) is 18.9 Å². The number of carbonyl (C=O) groups is 1. The SMILES string of the molecule is O=CN[C@H]1CCC(F)(F)C1. The molecule has 1 rings (SSSR count). The van der Waals surface area contributed by atoms with Gasteiger partial charge in [0.05, 0.1) is 0 Å². The van der Waals surface area contributed by atoms with E-state index in [0.717, 1.165) is 0 Å². The predicted octanol–water partition coefficient (Wildman–Crippen LogP) is 0.920. The van der Waals surface area contributed by atoms with Crippen molar-refractivity contribution in [1.82, 2.24) is 5.32 Å². The first-order valence-electron chi connectivity index (χ1n) is 3.21. The summed E-state index contributed by atoms with van der Waals surface area (Å²) in [6, 6.07) is -0.313. The van der Waals surface area contributed by atoms with Gasteiger partial charge in [0.1, 0.15) is 0 Å². The molecule has 0 aromatic rings. The van der Waals surface area contributed by atoms with Crippen molar-refractivity contribution in [2.24, 2.45) is 0 Å². The molecule has 1 N–H and O–H groups in total. The molecule has 0 aromatic heterocycles. The van der Waals surface area contributed by atoms with Gasteiger partial charge in [0.15, 0.2) is 0 Å². The highest BCUT2D eigenvalue weighted by atomic mass is 19.3. The van der Waals surface area contributed by atoms with Gasteiger partial charge in [0.2, 0.25) is 12.3 Å². The molecule has 0 aromatic carbocycles. The van der Waals surface area contributed by atoms with Gasteiger partial charge in [-0.1, -0.05) is 0 Å². The third-order valence-corrected chi connectivity index (χ3v) is 1.71. The first-order valence-corrected chi connectivity index (χ1v) is 3.21. The van der Waals surface area contributed by atoms with E-state index in [9.17, 15) is 13.6 Å². The van der Waals surface area contributed by atoms with Gasteiger partial charge in [-0.3, -0.25) is 4.79 Å². The molecule has 58 valence electrons. The van der Waals surface area contributed by atoms with Crippen LogP contribution in [-0.4, -0.2) is 18.4 Å². The maximum Gasteiger partial charge on any atom is 0.250 e. The van der Waals surface area contributed by atoms with Crippen LogP contribution in [-0.2, 0) is 4.79 Å². The Bertz CT molecular complexity index is 138. The molecule has 1 saturated carbocycles. The predicted molar refractivity (Wildman–Crippen MR) is 31.8 cm³/mol. The molecule has 0 bridgehead atoms. The number of hydrogen-bond donors (Lipinski definition) is 1. The molecule has 10 heavy (non-hydrogen) atoms. The second-order valence-electron chi connectivity index (χ2n) is 2.58. The smallest absolute Gasteiger partial charge is 0.250 e. The van der Waals surface area contributed by atoms with Gasteiger partial charge >= 0.3 is 0 Å². The Kier molecular flexibility index (Phi) is 1.87. The molecule has 1 aliphatic carbocycles. The van der Waals surface area contributed by atoms with Gasteiger partial charge in [0.25, 0.3) is 0 Å². The number of alkyl halides is 2. The Labute approximate surface area is 57.6 Å². The molecule has 1 atom stereocenters. The average molecular weight is 149 g/mol. The Morgan fingerprint density at radius 1 is 1.60 bits per heavy atom. The summed E-state index contributed by atoms with van der Waals surface area (Å²) in [6.45, 7) is 0. The van der Waals surface area contributed by atoms with Crippen LogP contribution in [0.25, 0.3) is 0 Å². The highest BCUT2D eigenvalue weighted by molar-refractivity contribution is 5.46. The van der Waals surface area contributed by atoms with Crippen molar-refractivity contribution in [3.8, 4) is 0 Å². The molecule has 0 radical (unpaired) electrons. The van der Waals surface area contributed by atoms with Crippen LogP contribution in [0.4, 0.5) is 8.78 Å². The van der Waals surface area contributed by atoms with Gasteiger partial charge in [-0.2, -0.15) is 0 Å². The second kappa shape index (κ2) is 2.52.